The second-order valence-corrected chi connectivity index (χ2v) is 6.37. The quantitative estimate of drug-likeness (QED) is 0.730. The van der Waals surface area contributed by atoms with E-state index < -0.39 is 0 Å². The second-order valence-electron chi connectivity index (χ2n) is 5.36. The van der Waals surface area contributed by atoms with Gasteiger partial charge in [-0.25, -0.2) is 0 Å². The minimum absolute atomic E-state index is 0.314. The Hall–Kier alpha value is -2.54. The van der Waals surface area contributed by atoms with Crippen LogP contribution < -0.4 is 14.3 Å². The molecule has 0 aliphatic carbocycles. The van der Waals surface area contributed by atoms with E-state index in [0.717, 1.165) is 10.2 Å². The van der Waals surface area contributed by atoms with Gasteiger partial charge in [-0.2, -0.15) is 4.99 Å². The van der Waals surface area contributed by atoms with E-state index in [2.05, 4.69) is 4.99 Å². The SMILES string of the molecule is COc1cc2sc(=NC(=O)c3cc(C)oc3C)n(C)c2cc1OC. The summed E-state index contributed by atoms with van der Waals surface area (Å²) in [5, 5.41) is 0. The molecule has 0 N–H and O–H groups in total. The van der Waals surface area contributed by atoms with Crippen LogP contribution >= 0.6 is 11.3 Å². The smallest absolute Gasteiger partial charge is 0.283 e. The Morgan fingerprint density at radius 3 is 2.42 bits per heavy atom. The van der Waals surface area contributed by atoms with Crippen molar-refractivity contribution < 1.29 is 18.7 Å². The lowest BCUT2D eigenvalue weighted by Gasteiger charge is -2.07. The monoisotopic (exact) mass is 346 g/mol. The molecule has 1 amide bonds. The average molecular weight is 346 g/mol. The zero-order valence-corrected chi connectivity index (χ0v) is 15.0. The molecule has 0 saturated heterocycles. The summed E-state index contributed by atoms with van der Waals surface area (Å²) in [6, 6.07) is 5.47. The van der Waals surface area contributed by atoms with Gasteiger partial charge >= 0.3 is 0 Å². The highest BCUT2D eigenvalue weighted by atomic mass is 32.1. The highest BCUT2D eigenvalue weighted by molar-refractivity contribution is 7.16. The first kappa shape index (κ1) is 16.3. The standard InChI is InChI=1S/C17H18N2O4S/c1-9-6-11(10(2)23-9)16(20)18-17-19(3)12-7-13(21-4)14(22-5)8-15(12)24-17/h6-8H,1-5H3. The number of benzene rings is 1. The largest absolute Gasteiger partial charge is 0.493 e. The molecule has 2 aromatic heterocycles. The molecule has 0 bridgehead atoms. The third-order valence-corrected chi connectivity index (χ3v) is 4.88. The Morgan fingerprint density at radius 1 is 1.17 bits per heavy atom. The molecule has 0 spiro atoms. The molecule has 7 heteroatoms. The zero-order chi connectivity index (χ0) is 17.4. The molecule has 6 nitrogen and oxygen atoms in total. The summed E-state index contributed by atoms with van der Waals surface area (Å²) in [6.07, 6.45) is 0. The van der Waals surface area contributed by atoms with Gasteiger partial charge in [0.25, 0.3) is 5.91 Å². The Bertz CT molecular complexity index is 994. The fourth-order valence-corrected chi connectivity index (χ4v) is 3.58. The van der Waals surface area contributed by atoms with Crippen LogP contribution in [0.4, 0.5) is 0 Å². The van der Waals surface area contributed by atoms with E-state index in [1.54, 1.807) is 27.2 Å². The number of amides is 1. The summed E-state index contributed by atoms with van der Waals surface area (Å²) in [5.41, 5.74) is 1.41. The fourth-order valence-electron chi connectivity index (χ4n) is 2.55. The highest BCUT2D eigenvalue weighted by Gasteiger charge is 2.15. The number of hydrogen-bond donors (Lipinski definition) is 0. The molecule has 0 saturated carbocycles. The van der Waals surface area contributed by atoms with Gasteiger partial charge in [0, 0.05) is 19.2 Å². The predicted molar refractivity (Wildman–Crippen MR) is 92.0 cm³/mol. The molecule has 0 radical (unpaired) electrons. The number of nitrogens with zero attached hydrogens (tertiary/aromatic N) is 2. The number of carbonyl (C=O) groups excluding carboxylic acids is 1. The molecule has 0 aliphatic rings. The van der Waals surface area contributed by atoms with Crippen molar-refractivity contribution in [2.24, 2.45) is 12.0 Å². The van der Waals surface area contributed by atoms with E-state index in [0.29, 0.717) is 33.4 Å². The van der Waals surface area contributed by atoms with Crippen LogP contribution in [0.1, 0.15) is 21.9 Å². The number of aryl methyl sites for hydroxylation is 3. The number of aromatic nitrogens is 1. The zero-order valence-electron chi connectivity index (χ0n) is 14.2. The summed E-state index contributed by atoms with van der Waals surface area (Å²) < 4.78 is 18.9. The van der Waals surface area contributed by atoms with Crippen LogP contribution in [0.5, 0.6) is 11.5 Å². The van der Waals surface area contributed by atoms with Crippen LogP contribution in [0.15, 0.2) is 27.6 Å². The lowest BCUT2D eigenvalue weighted by atomic mass is 10.2. The van der Waals surface area contributed by atoms with Gasteiger partial charge in [0.2, 0.25) is 0 Å². The van der Waals surface area contributed by atoms with Crippen molar-refractivity contribution in [2.45, 2.75) is 13.8 Å². The lowest BCUT2D eigenvalue weighted by molar-refractivity contribution is 0.0996. The van der Waals surface area contributed by atoms with Crippen LogP contribution in [0.3, 0.4) is 0 Å². The minimum Gasteiger partial charge on any atom is -0.493 e. The van der Waals surface area contributed by atoms with Crippen LogP contribution in [0.2, 0.25) is 0 Å². The Morgan fingerprint density at radius 2 is 1.83 bits per heavy atom. The molecule has 3 rings (SSSR count). The summed E-state index contributed by atoms with van der Waals surface area (Å²) in [4.78, 5) is 17.3. The van der Waals surface area contributed by atoms with Gasteiger partial charge < -0.3 is 18.5 Å². The molecule has 1 aromatic carbocycles. The molecule has 0 unspecified atom stereocenters. The number of hydrogen-bond acceptors (Lipinski definition) is 5. The first-order valence-electron chi connectivity index (χ1n) is 7.32. The van der Waals surface area contributed by atoms with Crippen molar-refractivity contribution in [3.8, 4) is 11.5 Å². The van der Waals surface area contributed by atoms with Gasteiger partial charge in [0.15, 0.2) is 16.3 Å². The van der Waals surface area contributed by atoms with E-state index in [-0.39, 0.29) is 5.91 Å². The molecular weight excluding hydrogens is 328 g/mol. The van der Waals surface area contributed by atoms with Gasteiger partial charge in [0.1, 0.15) is 11.5 Å². The van der Waals surface area contributed by atoms with Crippen LogP contribution in [0.25, 0.3) is 10.2 Å². The van der Waals surface area contributed by atoms with E-state index in [1.807, 2.05) is 30.7 Å². The van der Waals surface area contributed by atoms with Crippen molar-refractivity contribution in [2.75, 3.05) is 14.2 Å². The molecule has 3 aromatic rings. The van der Waals surface area contributed by atoms with Crippen molar-refractivity contribution in [1.82, 2.24) is 4.57 Å². The molecule has 126 valence electrons. The van der Waals surface area contributed by atoms with Crippen molar-refractivity contribution in [1.29, 1.82) is 0 Å². The van der Waals surface area contributed by atoms with Gasteiger partial charge in [-0.15, -0.1) is 0 Å². The Balaban J connectivity index is 2.14. The fraction of sp³-hybridized carbons (Fsp3) is 0.294. The van der Waals surface area contributed by atoms with Gasteiger partial charge in [-0.1, -0.05) is 11.3 Å². The van der Waals surface area contributed by atoms with Gasteiger partial charge in [0.05, 0.1) is 30.0 Å². The summed E-state index contributed by atoms with van der Waals surface area (Å²) in [7, 11) is 5.05. The van der Waals surface area contributed by atoms with E-state index in [4.69, 9.17) is 13.9 Å². The Labute approximate surface area is 143 Å². The van der Waals surface area contributed by atoms with Gasteiger partial charge in [-0.3, -0.25) is 4.79 Å². The minimum atomic E-state index is -0.314. The maximum atomic E-state index is 12.4. The van der Waals surface area contributed by atoms with Crippen LogP contribution in [0, 0.1) is 13.8 Å². The molecule has 0 atom stereocenters. The Kier molecular flexibility index (Phi) is 4.19. The summed E-state index contributed by atoms with van der Waals surface area (Å²) >= 11 is 1.42. The van der Waals surface area contributed by atoms with Crippen molar-refractivity contribution in [3.05, 3.63) is 40.1 Å². The van der Waals surface area contributed by atoms with E-state index in [1.165, 1.54) is 11.3 Å². The van der Waals surface area contributed by atoms with Gasteiger partial charge in [-0.05, 0) is 19.9 Å². The summed E-state index contributed by atoms with van der Waals surface area (Å²) in [5.74, 6) is 2.24. The first-order valence-corrected chi connectivity index (χ1v) is 8.14. The number of furan rings is 1. The maximum Gasteiger partial charge on any atom is 0.283 e. The molecular formula is C17H18N2O4S. The highest BCUT2D eigenvalue weighted by Crippen LogP contribution is 2.33. The number of fused-ring (bicyclic) bond motifs is 1. The van der Waals surface area contributed by atoms with E-state index >= 15 is 0 Å². The normalized spacial score (nSPS) is 12.0. The number of rotatable bonds is 3. The third-order valence-electron chi connectivity index (χ3n) is 3.78. The number of ether oxygens (including phenoxy) is 2. The molecule has 2 heterocycles. The molecule has 24 heavy (non-hydrogen) atoms. The number of thiazole rings is 1. The average Bonchev–Trinajstić information content (AvgIpc) is 3.05. The van der Waals surface area contributed by atoms with Crippen LogP contribution in [-0.2, 0) is 7.05 Å². The predicted octanol–water partition coefficient (Wildman–Crippen LogP) is 3.21. The first-order chi connectivity index (χ1) is 11.4. The van der Waals surface area contributed by atoms with Crippen molar-refractivity contribution in [3.63, 3.8) is 0 Å². The molecule has 0 aliphatic heterocycles. The maximum absolute atomic E-state index is 12.4. The lowest BCUT2D eigenvalue weighted by Crippen LogP contribution is -2.13. The van der Waals surface area contributed by atoms with Crippen molar-refractivity contribution >= 4 is 27.5 Å². The number of carbonyl (C=O) groups is 1. The third kappa shape index (κ3) is 2.71. The topological polar surface area (TPSA) is 66.0 Å². The number of methoxy groups -OCH3 is 2. The van der Waals surface area contributed by atoms with Crippen LogP contribution in [-0.4, -0.2) is 24.7 Å². The van der Waals surface area contributed by atoms with E-state index in [9.17, 15) is 4.79 Å². The second kappa shape index (κ2) is 6.16. The molecule has 0 fully saturated rings. The summed E-state index contributed by atoms with van der Waals surface area (Å²) in [6.45, 7) is 3.57.